The molecule has 0 atom stereocenters. The number of nitrogens with zero attached hydrogens (tertiary/aromatic N) is 2. The van der Waals surface area contributed by atoms with Crippen LogP contribution in [0.1, 0.15) is 0 Å². The Hall–Kier alpha value is -3.97. The van der Waals surface area contributed by atoms with Crippen molar-refractivity contribution in [1.82, 2.24) is 0 Å². The van der Waals surface area contributed by atoms with Gasteiger partial charge in [0.15, 0.2) is 0 Å². The SMILES string of the molecule is O=[N+]([O-])c1cccc(-c2ccccc2Sc2ccccc2-c2cccc([N+](=O)[O-])c2)c1. The van der Waals surface area contributed by atoms with Crippen molar-refractivity contribution in [1.29, 1.82) is 0 Å². The zero-order valence-electron chi connectivity index (χ0n) is 16.2. The summed E-state index contributed by atoms with van der Waals surface area (Å²) in [6.45, 7) is 0. The topological polar surface area (TPSA) is 86.3 Å². The molecule has 152 valence electrons. The van der Waals surface area contributed by atoms with Crippen LogP contribution < -0.4 is 0 Å². The highest BCUT2D eigenvalue weighted by Crippen LogP contribution is 2.41. The third-order valence-corrected chi connectivity index (χ3v) is 5.88. The molecular formula is C24H16N2O4S. The molecule has 0 unspecified atom stereocenters. The Bertz CT molecular complexity index is 1190. The Morgan fingerprint density at radius 3 is 1.39 bits per heavy atom. The van der Waals surface area contributed by atoms with E-state index >= 15 is 0 Å². The van der Waals surface area contributed by atoms with Crippen molar-refractivity contribution in [2.24, 2.45) is 0 Å². The van der Waals surface area contributed by atoms with Crippen LogP contribution in [-0.2, 0) is 0 Å². The molecule has 4 aromatic carbocycles. The van der Waals surface area contributed by atoms with Crippen molar-refractivity contribution in [2.75, 3.05) is 0 Å². The second-order valence-electron chi connectivity index (χ2n) is 6.71. The van der Waals surface area contributed by atoms with E-state index in [2.05, 4.69) is 0 Å². The first kappa shape index (κ1) is 20.3. The molecule has 0 spiro atoms. The van der Waals surface area contributed by atoms with Crippen molar-refractivity contribution in [2.45, 2.75) is 9.79 Å². The number of benzene rings is 4. The fraction of sp³-hybridized carbons (Fsp3) is 0. The second kappa shape index (κ2) is 8.81. The second-order valence-corrected chi connectivity index (χ2v) is 7.79. The Labute approximate surface area is 182 Å². The third kappa shape index (κ3) is 4.46. The van der Waals surface area contributed by atoms with Gasteiger partial charge in [-0.25, -0.2) is 0 Å². The highest BCUT2D eigenvalue weighted by atomic mass is 32.2. The van der Waals surface area contributed by atoms with Gasteiger partial charge < -0.3 is 0 Å². The van der Waals surface area contributed by atoms with Crippen LogP contribution >= 0.6 is 11.8 Å². The Kier molecular flexibility index (Phi) is 5.77. The molecule has 0 aliphatic heterocycles. The zero-order chi connectivity index (χ0) is 21.8. The van der Waals surface area contributed by atoms with Crippen molar-refractivity contribution in [3.63, 3.8) is 0 Å². The summed E-state index contributed by atoms with van der Waals surface area (Å²) in [5, 5.41) is 22.4. The molecule has 0 saturated heterocycles. The standard InChI is InChI=1S/C24H16N2O4S/c27-25(28)19-9-5-7-17(15-19)21-11-1-3-13-23(21)31-24-14-4-2-12-22(24)18-8-6-10-20(16-18)26(29)30/h1-16H. The highest BCUT2D eigenvalue weighted by Gasteiger charge is 2.14. The van der Waals surface area contributed by atoms with Crippen LogP contribution in [0.4, 0.5) is 11.4 Å². The monoisotopic (exact) mass is 428 g/mol. The molecule has 0 aliphatic carbocycles. The lowest BCUT2D eigenvalue weighted by molar-refractivity contribution is -0.385. The van der Waals surface area contributed by atoms with Gasteiger partial charge >= 0.3 is 0 Å². The Balaban J connectivity index is 1.76. The van der Waals surface area contributed by atoms with Crippen LogP contribution in [0.15, 0.2) is 107 Å². The minimum atomic E-state index is -0.406. The first-order valence-corrected chi connectivity index (χ1v) is 10.2. The molecule has 4 aromatic rings. The van der Waals surface area contributed by atoms with Gasteiger partial charge in [-0.05, 0) is 34.4 Å². The molecule has 0 saturated carbocycles. The number of rotatable bonds is 6. The van der Waals surface area contributed by atoms with Gasteiger partial charge in [0.2, 0.25) is 0 Å². The number of hydrogen-bond donors (Lipinski definition) is 0. The summed E-state index contributed by atoms with van der Waals surface area (Å²) >= 11 is 1.52. The molecule has 0 aromatic heterocycles. The normalized spacial score (nSPS) is 10.6. The first-order chi connectivity index (χ1) is 15.0. The lowest BCUT2D eigenvalue weighted by Gasteiger charge is -2.13. The minimum Gasteiger partial charge on any atom is -0.258 e. The van der Waals surface area contributed by atoms with E-state index in [4.69, 9.17) is 0 Å². The molecule has 6 nitrogen and oxygen atoms in total. The average molecular weight is 428 g/mol. The predicted octanol–water partition coefficient (Wildman–Crippen LogP) is 6.99. The maximum absolute atomic E-state index is 11.2. The Morgan fingerprint density at radius 2 is 0.968 bits per heavy atom. The van der Waals surface area contributed by atoms with E-state index in [0.717, 1.165) is 32.0 Å². The van der Waals surface area contributed by atoms with Crippen LogP contribution in [0, 0.1) is 20.2 Å². The number of nitro benzene ring substituents is 2. The molecule has 31 heavy (non-hydrogen) atoms. The molecule has 0 fully saturated rings. The molecule has 0 N–H and O–H groups in total. The summed E-state index contributed by atoms with van der Waals surface area (Å²) < 4.78 is 0. The van der Waals surface area contributed by atoms with Crippen LogP contribution in [0.3, 0.4) is 0 Å². The summed E-state index contributed by atoms with van der Waals surface area (Å²) in [7, 11) is 0. The van der Waals surface area contributed by atoms with E-state index in [9.17, 15) is 20.2 Å². The molecule has 7 heteroatoms. The fourth-order valence-corrected chi connectivity index (χ4v) is 4.40. The smallest absolute Gasteiger partial charge is 0.258 e. The van der Waals surface area contributed by atoms with Gasteiger partial charge in [0.25, 0.3) is 11.4 Å². The molecule has 0 heterocycles. The molecule has 0 bridgehead atoms. The van der Waals surface area contributed by atoms with Crippen molar-refractivity contribution < 1.29 is 9.85 Å². The first-order valence-electron chi connectivity index (χ1n) is 9.38. The van der Waals surface area contributed by atoms with E-state index in [1.165, 1.54) is 23.9 Å². The van der Waals surface area contributed by atoms with Crippen LogP contribution in [0.5, 0.6) is 0 Å². The van der Waals surface area contributed by atoms with E-state index in [1.54, 1.807) is 24.3 Å². The van der Waals surface area contributed by atoms with Crippen molar-refractivity contribution >= 4 is 23.1 Å². The average Bonchev–Trinajstić information content (AvgIpc) is 2.80. The highest BCUT2D eigenvalue weighted by molar-refractivity contribution is 7.99. The summed E-state index contributed by atoms with van der Waals surface area (Å²) in [6.07, 6.45) is 0. The number of hydrogen-bond acceptors (Lipinski definition) is 5. The van der Waals surface area contributed by atoms with Gasteiger partial charge in [0, 0.05) is 34.1 Å². The lowest BCUT2D eigenvalue weighted by atomic mass is 10.0. The van der Waals surface area contributed by atoms with E-state index in [1.807, 2.05) is 60.7 Å². The van der Waals surface area contributed by atoms with E-state index in [0.29, 0.717) is 0 Å². The maximum Gasteiger partial charge on any atom is 0.270 e. The van der Waals surface area contributed by atoms with Crippen molar-refractivity contribution in [3.8, 4) is 22.3 Å². The lowest BCUT2D eigenvalue weighted by Crippen LogP contribution is -1.90. The largest absolute Gasteiger partial charge is 0.270 e. The molecule has 0 radical (unpaired) electrons. The summed E-state index contributed by atoms with van der Waals surface area (Å²) in [5.41, 5.74) is 3.34. The third-order valence-electron chi connectivity index (χ3n) is 4.73. The van der Waals surface area contributed by atoms with Gasteiger partial charge in [-0.2, -0.15) is 0 Å². The minimum absolute atomic E-state index is 0.0364. The van der Waals surface area contributed by atoms with Crippen LogP contribution in [0.2, 0.25) is 0 Å². The van der Waals surface area contributed by atoms with Gasteiger partial charge in [-0.1, -0.05) is 72.4 Å². The van der Waals surface area contributed by atoms with Crippen LogP contribution in [-0.4, -0.2) is 9.85 Å². The molecular weight excluding hydrogens is 412 g/mol. The van der Waals surface area contributed by atoms with Gasteiger partial charge in [-0.15, -0.1) is 0 Å². The van der Waals surface area contributed by atoms with Gasteiger partial charge in [-0.3, -0.25) is 20.2 Å². The quantitative estimate of drug-likeness (QED) is 0.244. The molecule has 4 rings (SSSR count). The van der Waals surface area contributed by atoms with Gasteiger partial charge in [0.1, 0.15) is 0 Å². The van der Waals surface area contributed by atoms with Crippen LogP contribution in [0.25, 0.3) is 22.3 Å². The molecule has 0 amide bonds. The summed E-state index contributed by atoms with van der Waals surface area (Å²) in [6, 6.07) is 28.5. The molecule has 0 aliphatic rings. The predicted molar refractivity (Wildman–Crippen MR) is 121 cm³/mol. The maximum atomic E-state index is 11.2. The zero-order valence-corrected chi connectivity index (χ0v) is 17.0. The summed E-state index contributed by atoms with van der Waals surface area (Å²) in [4.78, 5) is 23.4. The van der Waals surface area contributed by atoms with E-state index in [-0.39, 0.29) is 11.4 Å². The van der Waals surface area contributed by atoms with Gasteiger partial charge in [0.05, 0.1) is 9.85 Å². The number of non-ortho nitro benzene ring substituents is 2. The van der Waals surface area contributed by atoms with Crippen molar-refractivity contribution in [3.05, 3.63) is 117 Å². The number of nitro groups is 2. The fourth-order valence-electron chi connectivity index (χ4n) is 3.28. The Morgan fingerprint density at radius 1 is 0.548 bits per heavy atom. The van der Waals surface area contributed by atoms with E-state index < -0.39 is 9.85 Å². The summed E-state index contributed by atoms with van der Waals surface area (Å²) in [5.74, 6) is 0.